The minimum atomic E-state index is -1.23. The molecule has 0 aromatic heterocycles. The summed E-state index contributed by atoms with van der Waals surface area (Å²) in [6.07, 6.45) is 23.7. The lowest BCUT2D eigenvalue weighted by molar-refractivity contribution is -0.154. The fourth-order valence-electron chi connectivity index (χ4n) is 4.71. The van der Waals surface area contributed by atoms with E-state index in [9.17, 15) is 9.59 Å². The van der Waals surface area contributed by atoms with E-state index in [2.05, 4.69) is 12.2 Å². The predicted octanol–water partition coefficient (Wildman–Crippen LogP) is 6.54. The Kier molecular flexibility index (Phi) is 15.8. The van der Waals surface area contributed by atoms with Crippen molar-refractivity contribution in [2.75, 3.05) is 0 Å². The summed E-state index contributed by atoms with van der Waals surface area (Å²) in [4.78, 5) is 21.2. The van der Waals surface area contributed by atoms with Crippen molar-refractivity contribution < 1.29 is 19.8 Å². The van der Waals surface area contributed by atoms with E-state index in [0.29, 0.717) is 6.42 Å². The quantitative estimate of drug-likeness (QED) is 0.230. The second-order valence-electron chi connectivity index (χ2n) is 9.33. The summed E-state index contributed by atoms with van der Waals surface area (Å²) in [5.41, 5.74) is 0. The van der Waals surface area contributed by atoms with Gasteiger partial charge >= 0.3 is 11.9 Å². The molecule has 0 amide bonds. The predicted molar refractivity (Wildman–Crippen MR) is 123 cm³/mol. The van der Waals surface area contributed by atoms with Crippen molar-refractivity contribution >= 4 is 11.9 Å². The molecule has 0 bridgehead atoms. The summed E-state index contributed by atoms with van der Waals surface area (Å²) in [7, 11) is 0. The van der Waals surface area contributed by atoms with Crippen LogP contribution in [-0.4, -0.2) is 34.2 Å². The van der Waals surface area contributed by atoms with Crippen molar-refractivity contribution in [3.05, 3.63) is 0 Å². The van der Waals surface area contributed by atoms with E-state index in [0.717, 1.165) is 24.9 Å². The molecule has 176 valence electrons. The van der Waals surface area contributed by atoms with E-state index in [1.165, 1.54) is 96.3 Å². The molecule has 3 N–H and O–H groups in total. The van der Waals surface area contributed by atoms with E-state index in [1.807, 2.05) is 0 Å². The molecule has 2 aliphatic carbocycles. The van der Waals surface area contributed by atoms with Crippen LogP contribution in [0.1, 0.15) is 129 Å². The smallest absolute Gasteiger partial charge is 0.317 e. The van der Waals surface area contributed by atoms with Crippen LogP contribution in [0, 0.1) is 5.92 Å². The van der Waals surface area contributed by atoms with Gasteiger partial charge in [-0.3, -0.25) is 9.59 Å². The molecule has 0 radical (unpaired) electrons. The fraction of sp³-hybridized carbons (Fsp3) is 0.920. The van der Waals surface area contributed by atoms with E-state index in [1.54, 1.807) is 0 Å². The minimum Gasteiger partial charge on any atom is -0.481 e. The Labute approximate surface area is 184 Å². The summed E-state index contributed by atoms with van der Waals surface area (Å²) in [6.45, 7) is 2.18. The lowest BCUT2D eigenvalue weighted by atomic mass is 9.91. The Morgan fingerprint density at radius 3 is 1.50 bits per heavy atom. The maximum Gasteiger partial charge on any atom is 0.317 e. The van der Waals surface area contributed by atoms with Gasteiger partial charge in [0.15, 0.2) is 5.92 Å². The zero-order valence-corrected chi connectivity index (χ0v) is 19.4. The van der Waals surface area contributed by atoms with Gasteiger partial charge in [-0.1, -0.05) is 96.8 Å². The molecule has 0 atom stereocenters. The molecular weight excluding hydrogens is 378 g/mol. The number of carboxylic acids is 2. The molecule has 0 heterocycles. The fourth-order valence-corrected chi connectivity index (χ4v) is 4.71. The van der Waals surface area contributed by atoms with Gasteiger partial charge in [-0.05, 0) is 32.1 Å². The van der Waals surface area contributed by atoms with Crippen LogP contribution in [0.5, 0.6) is 0 Å². The summed E-state index contributed by atoms with van der Waals surface area (Å²) in [5.74, 6) is -3.67. The highest BCUT2D eigenvalue weighted by molar-refractivity contribution is 5.92. The van der Waals surface area contributed by atoms with Crippen molar-refractivity contribution in [1.82, 2.24) is 5.32 Å². The number of rotatable bonds is 13. The van der Waals surface area contributed by atoms with Crippen molar-refractivity contribution in [2.45, 2.75) is 141 Å². The third kappa shape index (κ3) is 13.3. The number of unbranched alkanes of at least 4 members (excludes halogenated alkanes) is 7. The molecule has 0 unspecified atom stereocenters. The van der Waals surface area contributed by atoms with Crippen LogP contribution in [0.3, 0.4) is 0 Å². The van der Waals surface area contributed by atoms with Gasteiger partial charge in [0.2, 0.25) is 0 Å². The first-order chi connectivity index (χ1) is 14.5. The highest BCUT2D eigenvalue weighted by Crippen LogP contribution is 2.22. The van der Waals surface area contributed by atoms with Gasteiger partial charge in [-0.15, -0.1) is 0 Å². The van der Waals surface area contributed by atoms with Gasteiger partial charge in [0.1, 0.15) is 0 Å². The van der Waals surface area contributed by atoms with Gasteiger partial charge < -0.3 is 15.5 Å². The molecule has 5 nitrogen and oxygen atoms in total. The first-order valence-corrected chi connectivity index (χ1v) is 12.8. The maximum absolute atomic E-state index is 10.6. The van der Waals surface area contributed by atoms with Gasteiger partial charge in [0.05, 0.1) is 0 Å². The Morgan fingerprint density at radius 2 is 1.10 bits per heavy atom. The third-order valence-electron chi connectivity index (χ3n) is 6.62. The molecule has 5 heteroatoms. The Bertz CT molecular complexity index is 412. The van der Waals surface area contributed by atoms with Crippen LogP contribution >= 0.6 is 0 Å². The highest BCUT2D eigenvalue weighted by Gasteiger charge is 2.24. The van der Waals surface area contributed by atoms with Crippen LogP contribution in [-0.2, 0) is 9.59 Å². The lowest BCUT2D eigenvalue weighted by Gasteiger charge is -2.30. The summed E-state index contributed by atoms with van der Waals surface area (Å²) in [5, 5.41) is 21.2. The topological polar surface area (TPSA) is 86.6 Å². The summed E-state index contributed by atoms with van der Waals surface area (Å²) < 4.78 is 0. The first-order valence-electron chi connectivity index (χ1n) is 12.8. The Morgan fingerprint density at radius 1 is 0.700 bits per heavy atom. The van der Waals surface area contributed by atoms with Crippen LogP contribution in [0.4, 0.5) is 0 Å². The minimum absolute atomic E-state index is 0.250. The molecule has 0 aliphatic heterocycles. The standard InChI is InChI=1S/C13H24O4.C12H23N/c1-2-3-4-5-6-7-8-9-10-11(12(14)15)13(16)17;1-3-7-11(8-4-1)13-12-9-5-2-6-10-12/h11H,2-10H2,1H3,(H,14,15)(H,16,17);11-13H,1-10H2. The number of nitrogens with one attached hydrogen (secondary N) is 1. The van der Waals surface area contributed by atoms with Gasteiger partial charge in [0.25, 0.3) is 0 Å². The zero-order chi connectivity index (χ0) is 22.0. The normalized spacial score (nSPS) is 18.1. The lowest BCUT2D eigenvalue weighted by Crippen LogP contribution is -2.40. The zero-order valence-electron chi connectivity index (χ0n) is 19.4. The van der Waals surface area contributed by atoms with Crippen molar-refractivity contribution in [1.29, 1.82) is 0 Å². The van der Waals surface area contributed by atoms with E-state index in [4.69, 9.17) is 10.2 Å². The Hall–Kier alpha value is -1.10. The molecule has 0 aromatic carbocycles. The van der Waals surface area contributed by atoms with E-state index < -0.39 is 17.9 Å². The second kappa shape index (κ2) is 17.6. The van der Waals surface area contributed by atoms with Crippen LogP contribution < -0.4 is 5.32 Å². The molecule has 0 aromatic rings. The molecule has 30 heavy (non-hydrogen) atoms. The van der Waals surface area contributed by atoms with Gasteiger partial charge in [-0.25, -0.2) is 0 Å². The van der Waals surface area contributed by atoms with Gasteiger partial charge in [-0.2, -0.15) is 0 Å². The molecular formula is C25H47NO4. The van der Waals surface area contributed by atoms with Crippen molar-refractivity contribution in [3.63, 3.8) is 0 Å². The monoisotopic (exact) mass is 425 g/mol. The highest BCUT2D eigenvalue weighted by atomic mass is 16.4. The average Bonchev–Trinajstić information content (AvgIpc) is 2.74. The number of carbonyl (C=O) groups is 2. The summed E-state index contributed by atoms with van der Waals surface area (Å²) >= 11 is 0. The number of carboxylic acid groups (broad SMARTS) is 2. The largest absolute Gasteiger partial charge is 0.481 e. The molecule has 2 aliphatic rings. The van der Waals surface area contributed by atoms with Crippen molar-refractivity contribution in [2.24, 2.45) is 5.92 Å². The van der Waals surface area contributed by atoms with Crippen LogP contribution in [0.15, 0.2) is 0 Å². The SMILES string of the molecule is C1CCC(NC2CCCCC2)CC1.CCCCCCCCCCC(C(=O)O)C(=O)O. The number of aliphatic carboxylic acids is 2. The average molecular weight is 426 g/mol. The molecule has 2 saturated carbocycles. The maximum atomic E-state index is 10.6. The van der Waals surface area contributed by atoms with Crippen LogP contribution in [0.25, 0.3) is 0 Å². The number of hydrogen-bond donors (Lipinski definition) is 3. The molecule has 2 rings (SSSR count). The first kappa shape index (κ1) is 26.9. The van der Waals surface area contributed by atoms with Crippen LogP contribution in [0.2, 0.25) is 0 Å². The van der Waals surface area contributed by atoms with E-state index >= 15 is 0 Å². The molecule has 2 fully saturated rings. The van der Waals surface area contributed by atoms with Crippen molar-refractivity contribution in [3.8, 4) is 0 Å². The third-order valence-corrected chi connectivity index (χ3v) is 6.62. The second-order valence-corrected chi connectivity index (χ2v) is 9.33. The molecule has 0 saturated heterocycles. The number of hydrogen-bond acceptors (Lipinski definition) is 3. The van der Waals surface area contributed by atoms with Gasteiger partial charge in [0, 0.05) is 12.1 Å². The summed E-state index contributed by atoms with van der Waals surface area (Å²) in [6, 6.07) is 1.74. The van der Waals surface area contributed by atoms with E-state index in [-0.39, 0.29) is 6.42 Å². The Balaban J connectivity index is 0.000000308. The molecule has 0 spiro atoms.